The van der Waals surface area contributed by atoms with E-state index < -0.39 is 0 Å². The number of nitrogens with zero attached hydrogens (tertiary/aromatic N) is 2. The second kappa shape index (κ2) is 4.96. The van der Waals surface area contributed by atoms with Crippen LogP contribution < -0.4 is 0 Å². The number of likely N-dealkylation sites (tertiary alicyclic amines) is 1. The Morgan fingerprint density at radius 3 is 2.95 bits per heavy atom. The van der Waals surface area contributed by atoms with Gasteiger partial charge in [0.2, 0.25) is 5.76 Å². The molecule has 1 aromatic rings. The molecule has 1 aliphatic carbocycles. The molecule has 1 saturated carbocycles. The lowest BCUT2D eigenvalue weighted by molar-refractivity contribution is 0.0484. The fraction of sp³-hybridized carbons (Fsp3) is 0.714. The van der Waals surface area contributed by atoms with Gasteiger partial charge in [0.05, 0.1) is 5.69 Å². The lowest BCUT2D eigenvalue weighted by Crippen LogP contribution is -2.45. The maximum Gasteiger partial charge on any atom is 0.291 e. The Kier molecular flexibility index (Phi) is 3.31. The van der Waals surface area contributed by atoms with Crippen LogP contribution in [-0.4, -0.2) is 40.1 Å². The lowest BCUT2D eigenvalue weighted by atomic mass is 9.92. The first-order valence-corrected chi connectivity index (χ1v) is 7.06. The lowest BCUT2D eigenvalue weighted by Gasteiger charge is -2.36. The van der Waals surface area contributed by atoms with Gasteiger partial charge in [0, 0.05) is 25.1 Å². The number of amides is 1. The minimum absolute atomic E-state index is 0.0386. The fourth-order valence-corrected chi connectivity index (χ4v) is 2.93. The number of aromatic nitrogens is 1. The van der Waals surface area contributed by atoms with Crippen molar-refractivity contribution in [2.24, 2.45) is 5.92 Å². The number of carbonyl (C=O) groups is 1. The summed E-state index contributed by atoms with van der Waals surface area (Å²) in [5, 5.41) is 9.21. The van der Waals surface area contributed by atoms with Crippen LogP contribution in [0.2, 0.25) is 0 Å². The molecule has 2 fully saturated rings. The van der Waals surface area contributed by atoms with Gasteiger partial charge in [-0.2, -0.15) is 0 Å². The molecule has 5 heteroatoms. The van der Waals surface area contributed by atoms with Crippen molar-refractivity contribution in [3.05, 3.63) is 17.8 Å². The van der Waals surface area contributed by atoms with E-state index in [9.17, 15) is 9.90 Å². The molecule has 19 heavy (non-hydrogen) atoms. The fourth-order valence-electron chi connectivity index (χ4n) is 2.93. The van der Waals surface area contributed by atoms with Crippen molar-refractivity contribution in [2.75, 3.05) is 13.2 Å². The van der Waals surface area contributed by atoms with Crippen LogP contribution in [0.3, 0.4) is 0 Å². The van der Waals surface area contributed by atoms with Crippen molar-refractivity contribution in [1.29, 1.82) is 0 Å². The number of aliphatic hydroxyl groups is 1. The predicted octanol–water partition coefficient (Wildman–Crippen LogP) is 1.78. The number of carbonyl (C=O) groups excluding carboxylic acids is 1. The summed E-state index contributed by atoms with van der Waals surface area (Å²) >= 11 is 0. The van der Waals surface area contributed by atoms with E-state index in [1.54, 1.807) is 0 Å². The number of oxazole rings is 1. The SMILES string of the molecule is C[C@H]1C[C@@H](CO)CCN1C(=O)c1ocnc1C1CC1. The van der Waals surface area contributed by atoms with Crippen LogP contribution in [0.25, 0.3) is 0 Å². The maximum atomic E-state index is 12.5. The smallest absolute Gasteiger partial charge is 0.291 e. The van der Waals surface area contributed by atoms with Crippen molar-refractivity contribution in [2.45, 2.75) is 44.6 Å². The number of piperidine rings is 1. The summed E-state index contributed by atoms with van der Waals surface area (Å²) in [7, 11) is 0. The van der Waals surface area contributed by atoms with Crippen LogP contribution in [0.5, 0.6) is 0 Å². The van der Waals surface area contributed by atoms with Crippen LogP contribution >= 0.6 is 0 Å². The van der Waals surface area contributed by atoms with Crippen LogP contribution in [0.4, 0.5) is 0 Å². The van der Waals surface area contributed by atoms with E-state index in [-0.39, 0.29) is 18.6 Å². The highest BCUT2D eigenvalue weighted by molar-refractivity contribution is 5.93. The molecule has 1 saturated heterocycles. The molecular formula is C14H20N2O3. The van der Waals surface area contributed by atoms with Crippen molar-refractivity contribution in [3.8, 4) is 0 Å². The van der Waals surface area contributed by atoms with Crippen LogP contribution in [0.15, 0.2) is 10.8 Å². The third-order valence-corrected chi connectivity index (χ3v) is 4.26. The monoisotopic (exact) mass is 264 g/mol. The van der Waals surface area contributed by atoms with Gasteiger partial charge >= 0.3 is 0 Å². The van der Waals surface area contributed by atoms with E-state index in [1.165, 1.54) is 6.39 Å². The van der Waals surface area contributed by atoms with E-state index in [0.29, 0.717) is 24.1 Å². The predicted molar refractivity (Wildman–Crippen MR) is 68.8 cm³/mol. The van der Waals surface area contributed by atoms with E-state index >= 15 is 0 Å². The summed E-state index contributed by atoms with van der Waals surface area (Å²) in [5.74, 6) is 1.12. The van der Waals surface area contributed by atoms with E-state index in [2.05, 4.69) is 4.98 Å². The van der Waals surface area contributed by atoms with Gasteiger partial charge in [-0.25, -0.2) is 4.98 Å². The average molecular weight is 264 g/mol. The largest absolute Gasteiger partial charge is 0.438 e. The zero-order chi connectivity index (χ0) is 13.4. The van der Waals surface area contributed by atoms with Gasteiger partial charge in [-0.15, -0.1) is 0 Å². The van der Waals surface area contributed by atoms with Gasteiger partial charge in [-0.1, -0.05) is 0 Å². The first kappa shape index (κ1) is 12.7. The van der Waals surface area contributed by atoms with Gasteiger partial charge in [-0.05, 0) is 38.5 Å². The Hall–Kier alpha value is -1.36. The molecule has 1 N–H and O–H groups in total. The minimum atomic E-state index is -0.0386. The Bertz CT molecular complexity index is 467. The molecule has 1 aliphatic heterocycles. The summed E-state index contributed by atoms with van der Waals surface area (Å²) in [6.45, 7) is 2.94. The third-order valence-electron chi connectivity index (χ3n) is 4.26. The van der Waals surface area contributed by atoms with Gasteiger partial charge in [-0.3, -0.25) is 4.79 Å². The molecule has 3 rings (SSSR count). The first-order valence-electron chi connectivity index (χ1n) is 7.06. The molecule has 1 amide bonds. The van der Waals surface area contributed by atoms with Crippen molar-refractivity contribution < 1.29 is 14.3 Å². The number of hydrogen-bond acceptors (Lipinski definition) is 4. The van der Waals surface area contributed by atoms with Crippen LogP contribution in [0.1, 0.15) is 54.8 Å². The highest BCUT2D eigenvalue weighted by Crippen LogP contribution is 2.41. The molecule has 0 bridgehead atoms. The van der Waals surface area contributed by atoms with Gasteiger partial charge in [0.25, 0.3) is 5.91 Å². The van der Waals surface area contributed by atoms with Crippen molar-refractivity contribution >= 4 is 5.91 Å². The molecule has 0 spiro atoms. The maximum absolute atomic E-state index is 12.5. The standard InChI is InChI=1S/C14H20N2O3/c1-9-6-10(7-17)4-5-16(9)14(18)13-12(11-2-3-11)15-8-19-13/h8-11,17H,2-7H2,1H3/t9-,10-/m0/s1. The Labute approximate surface area is 112 Å². The highest BCUT2D eigenvalue weighted by Gasteiger charge is 2.36. The highest BCUT2D eigenvalue weighted by atomic mass is 16.3. The molecule has 2 aliphatic rings. The quantitative estimate of drug-likeness (QED) is 0.903. The van der Waals surface area contributed by atoms with E-state index in [0.717, 1.165) is 31.4 Å². The molecule has 0 unspecified atom stereocenters. The molecule has 2 atom stereocenters. The number of hydrogen-bond donors (Lipinski definition) is 1. The van der Waals surface area contributed by atoms with Crippen LogP contribution in [-0.2, 0) is 0 Å². The summed E-state index contributed by atoms with van der Waals surface area (Å²) in [6, 6.07) is 0.149. The van der Waals surface area contributed by atoms with E-state index in [4.69, 9.17) is 4.42 Å². The normalized spacial score (nSPS) is 27.6. The molecule has 104 valence electrons. The van der Waals surface area contributed by atoms with Crippen molar-refractivity contribution in [1.82, 2.24) is 9.88 Å². The molecule has 1 aromatic heterocycles. The summed E-state index contributed by atoms with van der Waals surface area (Å²) in [5.41, 5.74) is 0.835. The zero-order valence-electron chi connectivity index (χ0n) is 11.2. The summed E-state index contributed by atoms with van der Waals surface area (Å²) in [4.78, 5) is 18.6. The summed E-state index contributed by atoms with van der Waals surface area (Å²) < 4.78 is 5.33. The minimum Gasteiger partial charge on any atom is -0.438 e. The second-order valence-electron chi connectivity index (χ2n) is 5.76. The Balaban J connectivity index is 1.74. The van der Waals surface area contributed by atoms with E-state index in [1.807, 2.05) is 11.8 Å². The van der Waals surface area contributed by atoms with Gasteiger partial charge < -0.3 is 14.4 Å². The molecule has 0 radical (unpaired) electrons. The molecule has 5 nitrogen and oxygen atoms in total. The van der Waals surface area contributed by atoms with Gasteiger partial charge in [0.1, 0.15) is 0 Å². The molecule has 2 heterocycles. The number of rotatable bonds is 3. The second-order valence-corrected chi connectivity index (χ2v) is 5.76. The Morgan fingerprint density at radius 1 is 1.53 bits per heavy atom. The topological polar surface area (TPSA) is 66.6 Å². The third kappa shape index (κ3) is 2.39. The van der Waals surface area contributed by atoms with Gasteiger partial charge in [0.15, 0.2) is 6.39 Å². The van der Waals surface area contributed by atoms with Crippen LogP contribution in [0, 0.1) is 5.92 Å². The molecule has 0 aromatic carbocycles. The average Bonchev–Trinajstić information content (AvgIpc) is 3.15. The number of aliphatic hydroxyl groups excluding tert-OH is 1. The summed E-state index contributed by atoms with van der Waals surface area (Å²) in [6.07, 6.45) is 5.31. The van der Waals surface area contributed by atoms with Crippen molar-refractivity contribution in [3.63, 3.8) is 0 Å². The molecular weight excluding hydrogens is 244 g/mol. The zero-order valence-corrected chi connectivity index (χ0v) is 11.2. The Morgan fingerprint density at radius 2 is 2.32 bits per heavy atom. The first-order chi connectivity index (χ1) is 9.20.